The number of amides is 1. The van der Waals surface area contributed by atoms with E-state index in [9.17, 15) is 4.79 Å². The van der Waals surface area contributed by atoms with Crippen molar-refractivity contribution in [3.05, 3.63) is 54.4 Å². The van der Waals surface area contributed by atoms with Crippen LogP contribution in [0.2, 0.25) is 0 Å². The minimum atomic E-state index is 0.0866. The van der Waals surface area contributed by atoms with Crippen molar-refractivity contribution < 1.29 is 4.79 Å². The van der Waals surface area contributed by atoms with Crippen molar-refractivity contribution in [1.82, 2.24) is 10.3 Å². The van der Waals surface area contributed by atoms with E-state index in [0.29, 0.717) is 5.75 Å². The van der Waals surface area contributed by atoms with Crippen LogP contribution in [-0.4, -0.2) is 22.4 Å². The SMILES string of the molecule is O=C(CSc1ccncc1)NC1CCSc2ccccc21. The number of rotatable bonds is 4. The van der Waals surface area contributed by atoms with Gasteiger partial charge in [-0.25, -0.2) is 0 Å². The van der Waals surface area contributed by atoms with E-state index in [1.54, 1.807) is 24.2 Å². The van der Waals surface area contributed by atoms with Gasteiger partial charge < -0.3 is 5.32 Å². The van der Waals surface area contributed by atoms with Crippen LogP contribution in [0.25, 0.3) is 0 Å². The lowest BCUT2D eigenvalue weighted by molar-refractivity contribution is -0.119. The number of carbonyl (C=O) groups is 1. The minimum Gasteiger partial charge on any atom is -0.349 e. The average molecular weight is 316 g/mol. The molecule has 0 spiro atoms. The first-order valence-electron chi connectivity index (χ1n) is 6.87. The van der Waals surface area contributed by atoms with Crippen LogP contribution < -0.4 is 5.32 Å². The molecule has 0 saturated carbocycles. The van der Waals surface area contributed by atoms with Gasteiger partial charge in [0.25, 0.3) is 0 Å². The van der Waals surface area contributed by atoms with Gasteiger partial charge in [-0.2, -0.15) is 0 Å². The zero-order valence-corrected chi connectivity index (χ0v) is 13.1. The maximum absolute atomic E-state index is 12.1. The molecule has 21 heavy (non-hydrogen) atoms. The van der Waals surface area contributed by atoms with Crippen molar-refractivity contribution in [2.45, 2.75) is 22.3 Å². The summed E-state index contributed by atoms with van der Waals surface area (Å²) in [6.45, 7) is 0. The van der Waals surface area contributed by atoms with E-state index < -0.39 is 0 Å². The molecule has 1 aliphatic rings. The van der Waals surface area contributed by atoms with Gasteiger partial charge in [-0.3, -0.25) is 9.78 Å². The molecule has 1 amide bonds. The molecule has 5 heteroatoms. The Morgan fingerprint density at radius 3 is 2.95 bits per heavy atom. The Hall–Kier alpha value is -1.46. The average Bonchev–Trinajstić information content (AvgIpc) is 2.54. The molecule has 108 valence electrons. The van der Waals surface area contributed by atoms with Gasteiger partial charge in [-0.15, -0.1) is 23.5 Å². The number of aromatic nitrogens is 1. The number of carbonyl (C=O) groups excluding carboxylic acids is 1. The van der Waals surface area contributed by atoms with E-state index in [2.05, 4.69) is 28.5 Å². The zero-order chi connectivity index (χ0) is 14.5. The minimum absolute atomic E-state index is 0.0866. The molecule has 0 bridgehead atoms. The molecule has 1 aromatic heterocycles. The Balaban J connectivity index is 1.58. The first kappa shape index (κ1) is 14.5. The van der Waals surface area contributed by atoms with Crippen molar-refractivity contribution >= 4 is 29.4 Å². The molecule has 0 saturated heterocycles. The largest absolute Gasteiger partial charge is 0.349 e. The normalized spacial score (nSPS) is 17.0. The zero-order valence-electron chi connectivity index (χ0n) is 11.5. The van der Waals surface area contributed by atoms with Crippen LogP contribution in [0.1, 0.15) is 18.0 Å². The van der Waals surface area contributed by atoms with Crippen LogP contribution in [0.5, 0.6) is 0 Å². The van der Waals surface area contributed by atoms with Crippen LogP contribution in [-0.2, 0) is 4.79 Å². The monoisotopic (exact) mass is 316 g/mol. The fourth-order valence-corrected chi connectivity index (χ4v) is 4.13. The fraction of sp³-hybridized carbons (Fsp3) is 0.250. The number of nitrogens with zero attached hydrogens (tertiary/aromatic N) is 1. The highest BCUT2D eigenvalue weighted by atomic mass is 32.2. The van der Waals surface area contributed by atoms with Crippen molar-refractivity contribution in [3.8, 4) is 0 Å². The highest BCUT2D eigenvalue weighted by Gasteiger charge is 2.21. The summed E-state index contributed by atoms with van der Waals surface area (Å²) in [7, 11) is 0. The molecule has 3 nitrogen and oxygen atoms in total. The van der Waals surface area contributed by atoms with E-state index in [0.717, 1.165) is 17.1 Å². The fourth-order valence-electron chi connectivity index (χ4n) is 2.31. The molecular weight excluding hydrogens is 300 g/mol. The van der Waals surface area contributed by atoms with Crippen molar-refractivity contribution in [2.24, 2.45) is 0 Å². The third-order valence-corrected chi connectivity index (χ3v) is 5.45. The number of benzene rings is 1. The lowest BCUT2D eigenvalue weighted by atomic mass is 10.0. The standard InChI is InChI=1S/C16H16N2OS2/c19-16(11-21-12-5-8-17-9-6-12)18-14-7-10-20-15-4-2-1-3-13(14)15/h1-6,8-9,14H,7,10-11H2,(H,18,19). The highest BCUT2D eigenvalue weighted by Crippen LogP contribution is 2.35. The molecule has 1 aromatic carbocycles. The Bertz CT molecular complexity index is 619. The van der Waals surface area contributed by atoms with Crippen LogP contribution >= 0.6 is 23.5 Å². The number of pyridine rings is 1. The van der Waals surface area contributed by atoms with Crippen molar-refractivity contribution in [1.29, 1.82) is 0 Å². The van der Waals surface area contributed by atoms with Crippen LogP contribution in [0.4, 0.5) is 0 Å². The second-order valence-corrected chi connectivity index (χ2v) is 6.95. The molecule has 0 fully saturated rings. The summed E-state index contributed by atoms with van der Waals surface area (Å²) in [5.74, 6) is 1.58. The van der Waals surface area contributed by atoms with Gasteiger partial charge in [0.15, 0.2) is 0 Å². The summed E-state index contributed by atoms with van der Waals surface area (Å²) in [5, 5.41) is 3.16. The molecule has 1 unspecified atom stereocenters. The molecule has 2 aromatic rings. The molecule has 0 radical (unpaired) electrons. The topological polar surface area (TPSA) is 42.0 Å². The second kappa shape index (κ2) is 7.00. The van der Waals surface area contributed by atoms with Gasteiger partial charge in [0.05, 0.1) is 11.8 Å². The van der Waals surface area contributed by atoms with Gasteiger partial charge in [0.2, 0.25) is 5.91 Å². The van der Waals surface area contributed by atoms with E-state index in [1.165, 1.54) is 10.5 Å². The summed E-state index contributed by atoms with van der Waals surface area (Å²) in [6, 6.07) is 12.3. The van der Waals surface area contributed by atoms with E-state index in [1.807, 2.05) is 30.0 Å². The van der Waals surface area contributed by atoms with Crippen molar-refractivity contribution in [3.63, 3.8) is 0 Å². The van der Waals surface area contributed by atoms with Crippen LogP contribution in [0.15, 0.2) is 58.6 Å². The Morgan fingerprint density at radius 2 is 2.10 bits per heavy atom. The number of nitrogens with one attached hydrogen (secondary N) is 1. The maximum Gasteiger partial charge on any atom is 0.230 e. The molecule has 1 N–H and O–H groups in total. The van der Waals surface area contributed by atoms with Crippen molar-refractivity contribution in [2.75, 3.05) is 11.5 Å². The van der Waals surface area contributed by atoms with E-state index in [4.69, 9.17) is 0 Å². The third kappa shape index (κ3) is 3.80. The van der Waals surface area contributed by atoms with Crippen LogP contribution in [0, 0.1) is 0 Å². The lowest BCUT2D eigenvalue weighted by Crippen LogP contribution is -2.31. The number of thioether (sulfide) groups is 2. The Morgan fingerprint density at radius 1 is 1.29 bits per heavy atom. The predicted molar refractivity (Wildman–Crippen MR) is 87.6 cm³/mol. The second-order valence-electron chi connectivity index (χ2n) is 4.77. The van der Waals surface area contributed by atoms with Gasteiger partial charge in [-0.1, -0.05) is 18.2 Å². The smallest absolute Gasteiger partial charge is 0.230 e. The van der Waals surface area contributed by atoms with Gasteiger partial charge in [0, 0.05) is 27.9 Å². The highest BCUT2D eigenvalue weighted by molar-refractivity contribution is 8.00. The maximum atomic E-state index is 12.1. The van der Waals surface area contributed by atoms with Gasteiger partial charge >= 0.3 is 0 Å². The summed E-state index contributed by atoms with van der Waals surface area (Å²) in [6.07, 6.45) is 4.48. The predicted octanol–water partition coefficient (Wildman–Crippen LogP) is 3.53. The first-order chi connectivity index (χ1) is 10.3. The molecular formula is C16H16N2OS2. The quantitative estimate of drug-likeness (QED) is 0.876. The number of fused-ring (bicyclic) bond motifs is 1. The number of hydrogen-bond donors (Lipinski definition) is 1. The summed E-state index contributed by atoms with van der Waals surface area (Å²) < 4.78 is 0. The van der Waals surface area contributed by atoms with E-state index >= 15 is 0 Å². The lowest BCUT2D eigenvalue weighted by Gasteiger charge is -2.25. The molecule has 0 aliphatic carbocycles. The van der Waals surface area contributed by atoms with Crippen LogP contribution in [0.3, 0.4) is 0 Å². The van der Waals surface area contributed by atoms with Gasteiger partial charge in [-0.05, 0) is 30.2 Å². The number of hydrogen-bond acceptors (Lipinski definition) is 4. The van der Waals surface area contributed by atoms with E-state index in [-0.39, 0.29) is 11.9 Å². The molecule has 1 aliphatic heterocycles. The summed E-state index contributed by atoms with van der Waals surface area (Å²) >= 11 is 3.41. The van der Waals surface area contributed by atoms with Gasteiger partial charge in [0.1, 0.15) is 0 Å². The Labute approximate surface area is 132 Å². The molecule has 3 rings (SSSR count). The first-order valence-corrected chi connectivity index (χ1v) is 8.84. The Kier molecular flexibility index (Phi) is 4.83. The third-order valence-electron chi connectivity index (χ3n) is 3.31. The summed E-state index contributed by atoms with van der Waals surface area (Å²) in [5.41, 5.74) is 1.25. The summed E-state index contributed by atoms with van der Waals surface area (Å²) in [4.78, 5) is 18.5. The molecule has 1 atom stereocenters. The molecule has 2 heterocycles.